The molecule has 0 spiro atoms. The molecule has 0 radical (unpaired) electrons. The molecule has 1 unspecified atom stereocenters. The zero-order valence-corrected chi connectivity index (χ0v) is 7.51. The highest BCUT2D eigenvalue weighted by Crippen LogP contribution is 2.08. The molecular formula is C11H12O2. The number of hydrogen-bond acceptors (Lipinski definition) is 2. The zero-order valence-electron chi connectivity index (χ0n) is 7.51. The van der Waals surface area contributed by atoms with E-state index in [4.69, 9.17) is 4.74 Å². The van der Waals surface area contributed by atoms with Crippen LogP contribution in [-0.4, -0.2) is 6.29 Å². The highest BCUT2D eigenvalue weighted by molar-refractivity contribution is 5.55. The molecule has 1 atom stereocenters. The normalized spacial score (nSPS) is 12.7. The van der Waals surface area contributed by atoms with Gasteiger partial charge in [-0.2, -0.15) is 0 Å². The molecule has 0 bridgehead atoms. The Morgan fingerprint density at radius 3 is 2.62 bits per heavy atom. The summed E-state index contributed by atoms with van der Waals surface area (Å²) in [5, 5.41) is 0. The molecule has 2 heteroatoms. The van der Waals surface area contributed by atoms with Gasteiger partial charge in [-0.3, -0.25) is 0 Å². The van der Waals surface area contributed by atoms with Crippen molar-refractivity contribution in [2.75, 3.05) is 0 Å². The molecule has 0 N–H and O–H groups in total. The van der Waals surface area contributed by atoms with E-state index in [0.29, 0.717) is 0 Å². The lowest BCUT2D eigenvalue weighted by Gasteiger charge is -1.98. The van der Waals surface area contributed by atoms with Gasteiger partial charge in [0.05, 0.1) is 6.26 Å². The Morgan fingerprint density at radius 2 is 2.00 bits per heavy atom. The minimum absolute atomic E-state index is 0.0938. The summed E-state index contributed by atoms with van der Waals surface area (Å²) in [4.78, 5) is 10.2. The maximum atomic E-state index is 10.2. The molecule has 0 heterocycles. The van der Waals surface area contributed by atoms with Gasteiger partial charge in [-0.05, 0) is 18.2 Å². The number of para-hydroxylation sites is 1. The third kappa shape index (κ3) is 3.56. The standard InChI is InChI=1S/C11H12O2/c1-10(9-12)7-8-13-11-5-3-2-4-6-11/h2-10H,1H3. The van der Waals surface area contributed by atoms with Crippen LogP contribution in [0.5, 0.6) is 5.75 Å². The molecule has 1 aromatic carbocycles. The molecule has 0 saturated carbocycles. The molecule has 68 valence electrons. The van der Waals surface area contributed by atoms with E-state index >= 15 is 0 Å². The van der Waals surface area contributed by atoms with Gasteiger partial charge in [0.1, 0.15) is 12.0 Å². The van der Waals surface area contributed by atoms with Crippen molar-refractivity contribution in [3.63, 3.8) is 0 Å². The van der Waals surface area contributed by atoms with Gasteiger partial charge in [-0.25, -0.2) is 0 Å². The van der Waals surface area contributed by atoms with E-state index in [1.54, 1.807) is 13.0 Å². The minimum atomic E-state index is -0.0938. The van der Waals surface area contributed by atoms with E-state index in [9.17, 15) is 4.79 Å². The van der Waals surface area contributed by atoms with Gasteiger partial charge in [0.2, 0.25) is 0 Å². The van der Waals surface area contributed by atoms with E-state index < -0.39 is 0 Å². The second-order valence-electron chi connectivity index (χ2n) is 2.75. The number of allylic oxidation sites excluding steroid dienone is 1. The van der Waals surface area contributed by atoms with Gasteiger partial charge in [0, 0.05) is 5.92 Å². The number of carbonyl (C=O) groups is 1. The molecule has 2 nitrogen and oxygen atoms in total. The summed E-state index contributed by atoms with van der Waals surface area (Å²) in [6.07, 6.45) is 4.11. The predicted molar refractivity (Wildman–Crippen MR) is 51.4 cm³/mol. The van der Waals surface area contributed by atoms with Crippen molar-refractivity contribution in [1.29, 1.82) is 0 Å². The molecule has 0 fully saturated rings. The first-order valence-corrected chi connectivity index (χ1v) is 4.16. The zero-order chi connectivity index (χ0) is 9.52. The third-order valence-electron chi connectivity index (χ3n) is 1.54. The van der Waals surface area contributed by atoms with Crippen molar-refractivity contribution >= 4 is 6.29 Å². The van der Waals surface area contributed by atoms with Crippen molar-refractivity contribution < 1.29 is 9.53 Å². The maximum Gasteiger partial charge on any atom is 0.126 e. The van der Waals surface area contributed by atoms with Crippen molar-refractivity contribution in [3.05, 3.63) is 42.7 Å². The summed E-state index contributed by atoms with van der Waals surface area (Å²) < 4.78 is 5.24. The van der Waals surface area contributed by atoms with E-state index in [1.807, 2.05) is 30.3 Å². The summed E-state index contributed by atoms with van der Waals surface area (Å²) in [6, 6.07) is 9.43. The van der Waals surface area contributed by atoms with Gasteiger partial charge in [0.25, 0.3) is 0 Å². The lowest BCUT2D eigenvalue weighted by atomic mass is 10.2. The predicted octanol–water partition coefficient (Wildman–Crippen LogP) is 2.41. The molecule has 0 aliphatic rings. The summed E-state index contributed by atoms with van der Waals surface area (Å²) in [5.74, 6) is 0.681. The number of hydrogen-bond donors (Lipinski definition) is 0. The number of aldehydes is 1. The summed E-state index contributed by atoms with van der Waals surface area (Å²) in [7, 11) is 0. The molecular weight excluding hydrogens is 164 g/mol. The van der Waals surface area contributed by atoms with E-state index in [-0.39, 0.29) is 5.92 Å². The van der Waals surface area contributed by atoms with Crippen LogP contribution in [0.1, 0.15) is 6.92 Å². The Labute approximate surface area is 77.8 Å². The quantitative estimate of drug-likeness (QED) is 0.520. The Bertz CT molecular complexity index is 277. The molecule has 1 aromatic rings. The topological polar surface area (TPSA) is 26.3 Å². The molecule has 13 heavy (non-hydrogen) atoms. The monoisotopic (exact) mass is 176 g/mol. The van der Waals surface area contributed by atoms with Gasteiger partial charge in [-0.15, -0.1) is 0 Å². The molecule has 0 aliphatic carbocycles. The minimum Gasteiger partial charge on any atom is -0.465 e. The Kier molecular flexibility index (Phi) is 3.76. The van der Waals surface area contributed by atoms with Crippen molar-refractivity contribution in [2.45, 2.75) is 6.92 Å². The van der Waals surface area contributed by atoms with Gasteiger partial charge >= 0.3 is 0 Å². The first-order chi connectivity index (χ1) is 6.33. The molecule has 0 aromatic heterocycles. The van der Waals surface area contributed by atoms with Gasteiger partial charge < -0.3 is 9.53 Å². The molecule has 0 saturated heterocycles. The van der Waals surface area contributed by atoms with Crippen LogP contribution in [0.4, 0.5) is 0 Å². The number of ether oxygens (including phenoxy) is 1. The fourth-order valence-corrected chi connectivity index (χ4v) is 0.786. The summed E-state index contributed by atoms with van der Waals surface area (Å²) in [6.45, 7) is 1.80. The lowest BCUT2D eigenvalue weighted by Crippen LogP contribution is -1.90. The van der Waals surface area contributed by atoms with Crippen molar-refractivity contribution in [1.82, 2.24) is 0 Å². The summed E-state index contributed by atoms with van der Waals surface area (Å²) >= 11 is 0. The Balaban J connectivity index is 2.43. The maximum absolute atomic E-state index is 10.2. The molecule has 1 rings (SSSR count). The fraction of sp³-hybridized carbons (Fsp3) is 0.182. The Morgan fingerprint density at radius 1 is 1.31 bits per heavy atom. The second kappa shape index (κ2) is 5.14. The van der Waals surface area contributed by atoms with Crippen LogP contribution in [-0.2, 0) is 4.79 Å². The SMILES string of the molecule is CC(C=O)C=COc1ccccc1. The van der Waals surface area contributed by atoms with Crippen molar-refractivity contribution in [2.24, 2.45) is 5.92 Å². The van der Waals surface area contributed by atoms with Gasteiger partial charge in [-0.1, -0.05) is 25.1 Å². The largest absolute Gasteiger partial charge is 0.465 e. The lowest BCUT2D eigenvalue weighted by molar-refractivity contribution is -0.109. The highest BCUT2D eigenvalue weighted by atomic mass is 16.5. The van der Waals surface area contributed by atoms with E-state index in [0.717, 1.165) is 12.0 Å². The van der Waals surface area contributed by atoms with Crippen LogP contribution >= 0.6 is 0 Å². The fourth-order valence-electron chi connectivity index (χ4n) is 0.786. The van der Waals surface area contributed by atoms with Crippen LogP contribution in [0.3, 0.4) is 0 Å². The van der Waals surface area contributed by atoms with Gasteiger partial charge in [0.15, 0.2) is 0 Å². The van der Waals surface area contributed by atoms with Crippen LogP contribution in [0.25, 0.3) is 0 Å². The first kappa shape index (κ1) is 9.52. The number of carbonyl (C=O) groups excluding carboxylic acids is 1. The highest BCUT2D eigenvalue weighted by Gasteiger charge is 1.91. The Hall–Kier alpha value is -1.57. The van der Waals surface area contributed by atoms with E-state index in [2.05, 4.69) is 0 Å². The van der Waals surface area contributed by atoms with Crippen LogP contribution < -0.4 is 4.74 Å². The molecule has 0 aliphatic heterocycles. The van der Waals surface area contributed by atoms with Crippen LogP contribution in [0.2, 0.25) is 0 Å². The smallest absolute Gasteiger partial charge is 0.126 e. The number of rotatable bonds is 4. The average Bonchev–Trinajstić information content (AvgIpc) is 2.19. The summed E-state index contributed by atoms with van der Waals surface area (Å²) in [5.41, 5.74) is 0. The van der Waals surface area contributed by atoms with Crippen LogP contribution in [0.15, 0.2) is 42.7 Å². The second-order valence-corrected chi connectivity index (χ2v) is 2.75. The van der Waals surface area contributed by atoms with Crippen LogP contribution in [0, 0.1) is 5.92 Å². The molecule has 0 amide bonds. The van der Waals surface area contributed by atoms with E-state index in [1.165, 1.54) is 6.26 Å². The first-order valence-electron chi connectivity index (χ1n) is 4.16. The number of benzene rings is 1. The average molecular weight is 176 g/mol. The third-order valence-corrected chi connectivity index (χ3v) is 1.54. The van der Waals surface area contributed by atoms with Crippen molar-refractivity contribution in [3.8, 4) is 5.75 Å².